The maximum atomic E-state index is 6.56. The summed E-state index contributed by atoms with van der Waals surface area (Å²) in [4.78, 5) is 0. The van der Waals surface area contributed by atoms with Crippen LogP contribution in [0.4, 0.5) is 11.4 Å². The summed E-state index contributed by atoms with van der Waals surface area (Å²) >= 11 is 0. The Balaban J connectivity index is 2.53. The van der Waals surface area contributed by atoms with Crippen LogP contribution in [0.2, 0.25) is 0 Å². The second kappa shape index (κ2) is 10.7. The molecule has 2 nitrogen and oxygen atoms in total. The molecule has 0 aliphatic carbocycles. The number of nitrogens with two attached hydrogens (primary N) is 2. The summed E-state index contributed by atoms with van der Waals surface area (Å²) in [5.74, 6) is 0.820. The molecule has 0 fully saturated rings. The number of hydrogen-bond acceptors (Lipinski definition) is 2. The van der Waals surface area contributed by atoms with Crippen molar-refractivity contribution >= 4 is 11.4 Å². The second-order valence-electron chi connectivity index (χ2n) is 10.1. The molecule has 4 N–H and O–H groups in total. The fraction of sp³-hybridized carbons (Fsp3) is 0.438. The molecule has 0 aliphatic rings. The zero-order valence-electron chi connectivity index (χ0n) is 22.6. The minimum atomic E-state index is 0.410. The Hall–Kier alpha value is -2.74. The topological polar surface area (TPSA) is 52.0 Å². The predicted molar refractivity (Wildman–Crippen MR) is 152 cm³/mol. The lowest BCUT2D eigenvalue weighted by Gasteiger charge is -2.25. The molecule has 0 atom stereocenters. The molecule has 0 saturated carbocycles. The summed E-state index contributed by atoms with van der Waals surface area (Å²) in [6, 6.07) is 14.0. The minimum absolute atomic E-state index is 0.410. The van der Waals surface area contributed by atoms with Gasteiger partial charge in [-0.25, -0.2) is 0 Å². The van der Waals surface area contributed by atoms with Gasteiger partial charge in [0.05, 0.1) is 0 Å². The molecule has 0 unspecified atom stereocenters. The molecule has 3 aromatic rings. The van der Waals surface area contributed by atoms with Gasteiger partial charge in [0.15, 0.2) is 0 Å². The van der Waals surface area contributed by atoms with Gasteiger partial charge in [0.1, 0.15) is 0 Å². The average Bonchev–Trinajstić information content (AvgIpc) is 2.83. The van der Waals surface area contributed by atoms with E-state index in [1.54, 1.807) is 0 Å². The van der Waals surface area contributed by atoms with Crippen LogP contribution in [0.3, 0.4) is 0 Å². The Labute approximate surface area is 207 Å². The third kappa shape index (κ3) is 4.73. The fourth-order valence-electron chi connectivity index (χ4n) is 5.24. The third-order valence-electron chi connectivity index (χ3n) is 7.32. The largest absolute Gasteiger partial charge is 0.398 e. The van der Waals surface area contributed by atoms with Crippen LogP contribution in [0.5, 0.6) is 0 Å². The van der Waals surface area contributed by atoms with Crippen LogP contribution in [0.25, 0.3) is 22.3 Å². The SMILES string of the molecule is CCc1cc(-c2c(C(C)C)ccc(C(C)C)c2-c2cc(CC)c(N)c(CC)c2)cc(CC)c1N. The van der Waals surface area contributed by atoms with E-state index in [-0.39, 0.29) is 0 Å². The maximum Gasteiger partial charge on any atom is 0.0379 e. The summed E-state index contributed by atoms with van der Waals surface area (Å²) < 4.78 is 0. The predicted octanol–water partition coefficient (Wildman–Crippen LogP) is 8.68. The molecule has 182 valence electrons. The molecular weight excluding hydrogens is 412 g/mol. The standard InChI is InChI=1S/C32H44N2/c1-9-21-15-25(16-22(10-2)31(21)33)29-27(19(5)6)13-14-28(20(7)8)30(29)26-17-23(11-3)32(34)24(12-4)18-26/h13-20H,9-12,33-34H2,1-8H3. The highest BCUT2D eigenvalue weighted by Crippen LogP contribution is 2.45. The zero-order valence-corrected chi connectivity index (χ0v) is 22.6. The van der Waals surface area contributed by atoms with E-state index < -0.39 is 0 Å². The van der Waals surface area contributed by atoms with Gasteiger partial charge in [-0.3, -0.25) is 0 Å². The van der Waals surface area contributed by atoms with E-state index in [4.69, 9.17) is 11.5 Å². The van der Waals surface area contributed by atoms with Crippen LogP contribution in [0.15, 0.2) is 36.4 Å². The van der Waals surface area contributed by atoms with Gasteiger partial charge in [0.25, 0.3) is 0 Å². The lowest BCUT2D eigenvalue weighted by molar-refractivity contribution is 0.848. The fourth-order valence-corrected chi connectivity index (χ4v) is 5.24. The van der Waals surface area contributed by atoms with Crippen molar-refractivity contribution in [3.63, 3.8) is 0 Å². The van der Waals surface area contributed by atoms with Crippen LogP contribution in [-0.2, 0) is 25.7 Å². The van der Waals surface area contributed by atoms with Gasteiger partial charge in [0, 0.05) is 11.4 Å². The molecule has 0 aromatic heterocycles. The Bertz CT molecular complexity index is 1030. The van der Waals surface area contributed by atoms with E-state index in [1.807, 2.05) is 0 Å². The molecule has 0 saturated heterocycles. The van der Waals surface area contributed by atoms with Crippen molar-refractivity contribution < 1.29 is 0 Å². The third-order valence-corrected chi connectivity index (χ3v) is 7.32. The zero-order chi connectivity index (χ0) is 25.2. The normalized spacial score (nSPS) is 11.6. The van der Waals surface area contributed by atoms with Gasteiger partial charge in [-0.15, -0.1) is 0 Å². The molecule has 3 rings (SSSR count). The van der Waals surface area contributed by atoms with Gasteiger partial charge in [0.2, 0.25) is 0 Å². The van der Waals surface area contributed by atoms with Crippen molar-refractivity contribution in [2.75, 3.05) is 11.5 Å². The van der Waals surface area contributed by atoms with E-state index in [1.165, 1.54) is 55.6 Å². The van der Waals surface area contributed by atoms with Crippen molar-refractivity contribution in [2.45, 2.75) is 92.9 Å². The number of rotatable bonds is 8. The second-order valence-corrected chi connectivity index (χ2v) is 10.1. The highest BCUT2D eigenvalue weighted by atomic mass is 14.6. The molecule has 0 bridgehead atoms. The first-order chi connectivity index (χ1) is 16.2. The summed E-state index contributed by atoms with van der Waals surface area (Å²) in [6.07, 6.45) is 3.74. The van der Waals surface area contributed by atoms with Crippen LogP contribution in [-0.4, -0.2) is 0 Å². The van der Waals surface area contributed by atoms with Gasteiger partial charge in [-0.1, -0.05) is 67.5 Å². The molecule has 0 aliphatic heterocycles. The van der Waals surface area contributed by atoms with Gasteiger partial charge in [-0.05, 0) is 117 Å². The highest BCUT2D eigenvalue weighted by Gasteiger charge is 2.22. The van der Waals surface area contributed by atoms with E-state index in [9.17, 15) is 0 Å². The van der Waals surface area contributed by atoms with Gasteiger partial charge >= 0.3 is 0 Å². The molecule has 3 aromatic carbocycles. The van der Waals surface area contributed by atoms with Crippen LogP contribution in [0, 0.1) is 0 Å². The van der Waals surface area contributed by atoms with Gasteiger partial charge in [-0.2, -0.15) is 0 Å². The Morgan fingerprint density at radius 1 is 0.529 bits per heavy atom. The van der Waals surface area contributed by atoms with E-state index >= 15 is 0 Å². The summed E-state index contributed by atoms with van der Waals surface area (Å²) in [5, 5.41) is 0. The quantitative estimate of drug-likeness (QED) is 0.333. The highest BCUT2D eigenvalue weighted by molar-refractivity contribution is 5.91. The lowest BCUT2D eigenvalue weighted by atomic mass is 9.79. The van der Waals surface area contributed by atoms with Crippen molar-refractivity contribution in [3.8, 4) is 22.3 Å². The molecule has 0 heterocycles. The Morgan fingerprint density at radius 2 is 0.794 bits per heavy atom. The van der Waals surface area contributed by atoms with Crippen molar-refractivity contribution in [3.05, 3.63) is 69.8 Å². The number of hydrogen-bond donors (Lipinski definition) is 2. The number of benzene rings is 3. The van der Waals surface area contributed by atoms with Crippen LogP contribution < -0.4 is 11.5 Å². The maximum absolute atomic E-state index is 6.56. The Kier molecular flexibility index (Phi) is 8.13. The van der Waals surface area contributed by atoms with E-state index in [2.05, 4.69) is 91.8 Å². The van der Waals surface area contributed by atoms with Gasteiger partial charge < -0.3 is 11.5 Å². The first-order valence-electron chi connectivity index (χ1n) is 13.2. The minimum Gasteiger partial charge on any atom is -0.398 e. The first kappa shape index (κ1) is 25.9. The lowest BCUT2D eigenvalue weighted by Crippen LogP contribution is -2.06. The van der Waals surface area contributed by atoms with Crippen molar-refractivity contribution in [1.82, 2.24) is 0 Å². The van der Waals surface area contributed by atoms with E-state index in [0.29, 0.717) is 11.8 Å². The number of nitrogen functional groups attached to an aromatic ring is 2. The molecule has 0 amide bonds. The smallest absolute Gasteiger partial charge is 0.0379 e. The monoisotopic (exact) mass is 456 g/mol. The molecular formula is C32H44N2. The molecule has 0 spiro atoms. The number of aryl methyl sites for hydroxylation is 4. The summed E-state index contributed by atoms with van der Waals surface area (Å²) in [6.45, 7) is 18.0. The Morgan fingerprint density at radius 3 is 1.00 bits per heavy atom. The average molecular weight is 457 g/mol. The van der Waals surface area contributed by atoms with Crippen molar-refractivity contribution in [2.24, 2.45) is 0 Å². The van der Waals surface area contributed by atoms with Crippen LogP contribution in [0.1, 0.15) is 101 Å². The summed E-state index contributed by atoms with van der Waals surface area (Å²) in [7, 11) is 0. The number of anilines is 2. The molecule has 34 heavy (non-hydrogen) atoms. The van der Waals surface area contributed by atoms with Crippen molar-refractivity contribution in [1.29, 1.82) is 0 Å². The first-order valence-corrected chi connectivity index (χ1v) is 13.2. The molecule has 0 radical (unpaired) electrons. The van der Waals surface area contributed by atoms with E-state index in [0.717, 1.165) is 37.1 Å². The van der Waals surface area contributed by atoms with Crippen LogP contribution >= 0.6 is 0 Å². The summed E-state index contributed by atoms with van der Waals surface area (Å²) in [5.41, 5.74) is 28.1. The molecule has 2 heteroatoms.